The summed E-state index contributed by atoms with van der Waals surface area (Å²) in [6.45, 7) is 1.11. The average molecular weight is 306 g/mol. The molecule has 6 nitrogen and oxygen atoms in total. The van der Waals surface area contributed by atoms with Gasteiger partial charge in [0.15, 0.2) is 11.5 Å². The van der Waals surface area contributed by atoms with Crippen LogP contribution in [0.4, 0.5) is 0 Å². The van der Waals surface area contributed by atoms with Gasteiger partial charge in [-0.2, -0.15) is 0 Å². The fourth-order valence-corrected chi connectivity index (χ4v) is 3.18. The fourth-order valence-electron chi connectivity index (χ4n) is 2.35. The number of fused-ring (bicyclic) bond motifs is 1. The maximum atomic E-state index is 5.68. The number of ether oxygens (including phenoxy) is 3. The molecule has 0 bridgehead atoms. The normalized spacial score (nSPS) is 20.1. The van der Waals surface area contributed by atoms with Crippen LogP contribution < -0.4 is 9.47 Å². The van der Waals surface area contributed by atoms with Crippen molar-refractivity contribution in [1.29, 1.82) is 0 Å². The highest BCUT2D eigenvalue weighted by atomic mass is 32.2. The quantitative estimate of drug-likeness (QED) is 0.804. The summed E-state index contributed by atoms with van der Waals surface area (Å²) >= 11 is 1.54. The maximum Gasteiger partial charge on any atom is 0.276 e. The molecule has 7 heteroatoms. The van der Waals surface area contributed by atoms with Crippen LogP contribution in [0.1, 0.15) is 12.8 Å². The predicted molar refractivity (Wildman–Crippen MR) is 75.6 cm³/mol. The van der Waals surface area contributed by atoms with Crippen molar-refractivity contribution in [2.75, 3.05) is 19.2 Å². The predicted octanol–water partition coefficient (Wildman–Crippen LogP) is 2.74. The molecule has 1 aromatic heterocycles. The summed E-state index contributed by atoms with van der Waals surface area (Å²) < 4.78 is 21.9. The van der Waals surface area contributed by atoms with Crippen LogP contribution >= 0.6 is 11.8 Å². The second-order valence-electron chi connectivity index (χ2n) is 4.89. The third kappa shape index (κ3) is 2.71. The summed E-state index contributed by atoms with van der Waals surface area (Å²) in [6.07, 6.45) is 2.55. The molecule has 2 aliphatic rings. The molecule has 0 N–H and O–H groups in total. The Balaban J connectivity index is 1.46. The molecule has 4 rings (SSSR count). The molecule has 1 saturated heterocycles. The van der Waals surface area contributed by atoms with E-state index in [2.05, 4.69) is 10.2 Å². The van der Waals surface area contributed by atoms with Crippen molar-refractivity contribution >= 4 is 11.8 Å². The van der Waals surface area contributed by atoms with Gasteiger partial charge in [-0.1, -0.05) is 11.8 Å². The van der Waals surface area contributed by atoms with Gasteiger partial charge in [-0.25, -0.2) is 0 Å². The van der Waals surface area contributed by atoms with Crippen LogP contribution in [0.5, 0.6) is 11.5 Å². The molecular weight excluding hydrogens is 292 g/mol. The van der Waals surface area contributed by atoms with E-state index in [1.807, 2.05) is 18.2 Å². The molecule has 0 amide bonds. The molecule has 0 unspecified atom stereocenters. The highest BCUT2D eigenvalue weighted by Gasteiger charge is 2.19. The van der Waals surface area contributed by atoms with Gasteiger partial charge in [-0.05, 0) is 31.0 Å². The number of thioether (sulfide) groups is 1. The summed E-state index contributed by atoms with van der Waals surface area (Å²) in [7, 11) is 0. The lowest BCUT2D eigenvalue weighted by Crippen LogP contribution is -2.07. The van der Waals surface area contributed by atoms with E-state index in [4.69, 9.17) is 18.6 Å². The topological polar surface area (TPSA) is 66.6 Å². The monoisotopic (exact) mass is 306 g/mol. The standard InChI is InChI=1S/C14H14N2O4S/c1-2-10(17-5-1)7-21-14-16-15-13(20-14)9-3-4-11-12(6-9)19-8-18-11/h3-4,6,10H,1-2,5,7-8H2/t10-/m0/s1. The third-order valence-corrected chi connectivity index (χ3v) is 4.39. The lowest BCUT2D eigenvalue weighted by Gasteiger charge is -2.05. The first-order valence-corrected chi connectivity index (χ1v) is 7.85. The first kappa shape index (κ1) is 13.0. The zero-order valence-electron chi connectivity index (χ0n) is 11.3. The third-order valence-electron chi connectivity index (χ3n) is 3.44. The van der Waals surface area contributed by atoms with Crippen LogP contribution in [0.25, 0.3) is 11.5 Å². The SMILES string of the molecule is c1cc2c(cc1-c1nnc(SC[C@@H]3CCCO3)o1)OCO2. The van der Waals surface area contributed by atoms with Gasteiger partial charge in [0.05, 0.1) is 6.10 Å². The van der Waals surface area contributed by atoms with Crippen molar-refractivity contribution in [3.8, 4) is 23.0 Å². The Hall–Kier alpha value is -1.73. The Morgan fingerprint density at radius 2 is 2.14 bits per heavy atom. The number of rotatable bonds is 4. The minimum Gasteiger partial charge on any atom is -0.454 e. The Bertz CT molecular complexity index is 640. The van der Waals surface area contributed by atoms with Gasteiger partial charge in [0.25, 0.3) is 5.22 Å². The first-order valence-electron chi connectivity index (χ1n) is 6.86. The first-order chi connectivity index (χ1) is 10.4. The lowest BCUT2D eigenvalue weighted by molar-refractivity contribution is 0.128. The zero-order valence-corrected chi connectivity index (χ0v) is 12.1. The van der Waals surface area contributed by atoms with E-state index in [0.29, 0.717) is 23.0 Å². The van der Waals surface area contributed by atoms with Gasteiger partial charge in [0.2, 0.25) is 12.7 Å². The van der Waals surface area contributed by atoms with Crippen LogP contribution in [0, 0.1) is 0 Å². The Kier molecular flexibility index (Phi) is 3.44. The summed E-state index contributed by atoms with van der Waals surface area (Å²) in [5, 5.41) is 8.72. The van der Waals surface area contributed by atoms with Crippen molar-refractivity contribution in [2.45, 2.75) is 24.2 Å². The molecule has 1 atom stereocenters. The largest absolute Gasteiger partial charge is 0.454 e. The number of nitrogens with zero attached hydrogens (tertiary/aromatic N) is 2. The fraction of sp³-hybridized carbons (Fsp3) is 0.429. The molecule has 1 fully saturated rings. The smallest absolute Gasteiger partial charge is 0.276 e. The van der Waals surface area contributed by atoms with Gasteiger partial charge in [-0.15, -0.1) is 10.2 Å². The average Bonchev–Trinajstić information content (AvgIpc) is 3.25. The molecule has 2 aromatic rings. The molecule has 110 valence electrons. The van der Waals surface area contributed by atoms with Crippen molar-refractivity contribution in [3.05, 3.63) is 18.2 Å². The van der Waals surface area contributed by atoms with Gasteiger partial charge in [-0.3, -0.25) is 0 Å². The number of hydrogen-bond acceptors (Lipinski definition) is 7. The highest BCUT2D eigenvalue weighted by molar-refractivity contribution is 7.99. The van der Waals surface area contributed by atoms with Crippen molar-refractivity contribution < 1.29 is 18.6 Å². The van der Waals surface area contributed by atoms with E-state index in [-0.39, 0.29) is 6.79 Å². The zero-order chi connectivity index (χ0) is 14.1. The Morgan fingerprint density at radius 3 is 3.05 bits per heavy atom. The highest BCUT2D eigenvalue weighted by Crippen LogP contribution is 2.36. The Labute approximate surface area is 125 Å². The van der Waals surface area contributed by atoms with E-state index < -0.39 is 0 Å². The maximum absolute atomic E-state index is 5.68. The van der Waals surface area contributed by atoms with Gasteiger partial charge in [0.1, 0.15) is 0 Å². The van der Waals surface area contributed by atoms with Crippen LogP contribution in [-0.2, 0) is 4.74 Å². The summed E-state index contributed by atoms with van der Waals surface area (Å²) in [6, 6.07) is 5.58. The summed E-state index contributed by atoms with van der Waals surface area (Å²) in [4.78, 5) is 0. The number of hydrogen-bond donors (Lipinski definition) is 0. The molecule has 0 spiro atoms. The second kappa shape index (κ2) is 5.57. The Morgan fingerprint density at radius 1 is 1.19 bits per heavy atom. The van der Waals surface area contributed by atoms with Crippen LogP contribution in [0.3, 0.4) is 0 Å². The van der Waals surface area contributed by atoms with Crippen molar-refractivity contribution in [1.82, 2.24) is 10.2 Å². The number of benzene rings is 1. The minimum atomic E-state index is 0.255. The van der Waals surface area contributed by atoms with E-state index in [0.717, 1.165) is 36.5 Å². The van der Waals surface area contributed by atoms with Crippen LogP contribution in [0.15, 0.2) is 27.8 Å². The lowest BCUT2D eigenvalue weighted by atomic mass is 10.2. The molecule has 2 aliphatic heterocycles. The van der Waals surface area contributed by atoms with Crippen LogP contribution in [-0.4, -0.2) is 35.5 Å². The molecule has 21 heavy (non-hydrogen) atoms. The van der Waals surface area contributed by atoms with E-state index in [9.17, 15) is 0 Å². The van der Waals surface area contributed by atoms with Gasteiger partial charge < -0.3 is 18.6 Å². The second-order valence-corrected chi connectivity index (χ2v) is 5.86. The van der Waals surface area contributed by atoms with Gasteiger partial charge in [0, 0.05) is 17.9 Å². The van der Waals surface area contributed by atoms with E-state index in [1.165, 1.54) is 11.8 Å². The summed E-state index contributed by atoms with van der Waals surface area (Å²) in [5.74, 6) is 2.79. The molecule has 0 aliphatic carbocycles. The summed E-state index contributed by atoms with van der Waals surface area (Å²) in [5.41, 5.74) is 0.829. The van der Waals surface area contributed by atoms with Crippen LogP contribution in [0.2, 0.25) is 0 Å². The van der Waals surface area contributed by atoms with Crippen molar-refractivity contribution in [3.63, 3.8) is 0 Å². The van der Waals surface area contributed by atoms with E-state index >= 15 is 0 Å². The van der Waals surface area contributed by atoms with Crippen molar-refractivity contribution in [2.24, 2.45) is 0 Å². The molecule has 3 heterocycles. The molecule has 0 radical (unpaired) electrons. The van der Waals surface area contributed by atoms with E-state index in [1.54, 1.807) is 0 Å². The molecule has 1 aromatic carbocycles. The molecule has 0 saturated carbocycles. The number of aromatic nitrogens is 2. The molecular formula is C14H14N2O4S. The van der Waals surface area contributed by atoms with Gasteiger partial charge >= 0.3 is 0 Å². The minimum absolute atomic E-state index is 0.255.